The number of H-pyrrole nitrogens is 2. The summed E-state index contributed by atoms with van der Waals surface area (Å²) in [5, 5.41) is 10.9. The lowest BCUT2D eigenvalue weighted by molar-refractivity contribution is 0.0929. The van der Waals surface area contributed by atoms with E-state index in [4.69, 9.17) is 0 Å². The molecule has 0 aliphatic heterocycles. The normalized spacial score (nSPS) is 17.0. The number of fused-ring (bicyclic) bond motifs is 2. The number of carbonyl (C=O) groups is 1. The molecule has 0 saturated carbocycles. The monoisotopic (exact) mass is 308 g/mol. The molecule has 3 aromatic rings. The van der Waals surface area contributed by atoms with Crippen molar-refractivity contribution < 1.29 is 4.79 Å². The van der Waals surface area contributed by atoms with E-state index in [0.717, 1.165) is 41.4 Å². The summed E-state index contributed by atoms with van der Waals surface area (Å²) in [6, 6.07) is 10.8. The van der Waals surface area contributed by atoms with Crippen molar-refractivity contribution in [1.82, 2.24) is 20.5 Å². The van der Waals surface area contributed by atoms with Crippen LogP contribution in [-0.4, -0.2) is 21.1 Å². The van der Waals surface area contributed by atoms with Crippen molar-refractivity contribution in [3.63, 3.8) is 0 Å². The summed E-state index contributed by atoms with van der Waals surface area (Å²) >= 11 is 0. The van der Waals surface area contributed by atoms with Gasteiger partial charge in [-0.2, -0.15) is 5.10 Å². The Morgan fingerprint density at radius 3 is 3.00 bits per heavy atom. The number of nitrogens with one attached hydrogen (secondary N) is 3. The average Bonchev–Trinajstić information content (AvgIpc) is 2.99. The number of aromatic amines is 2. The van der Waals surface area contributed by atoms with Gasteiger partial charge < -0.3 is 10.3 Å². The average molecular weight is 308 g/mol. The maximum Gasteiger partial charge on any atom is 0.272 e. The zero-order valence-electron chi connectivity index (χ0n) is 12.4. The molecule has 2 aromatic heterocycles. The molecule has 0 fully saturated rings. The third-order valence-electron chi connectivity index (χ3n) is 4.32. The fraction of sp³-hybridized carbons (Fsp3) is 0.235. The quantitative estimate of drug-likeness (QED) is 0.677. The van der Waals surface area contributed by atoms with E-state index in [1.54, 1.807) is 6.07 Å². The first-order valence-electron chi connectivity index (χ1n) is 7.68. The van der Waals surface area contributed by atoms with Gasteiger partial charge in [0, 0.05) is 17.1 Å². The zero-order chi connectivity index (χ0) is 15.8. The molecule has 1 unspecified atom stereocenters. The van der Waals surface area contributed by atoms with Gasteiger partial charge >= 0.3 is 0 Å². The first-order valence-corrected chi connectivity index (χ1v) is 7.68. The molecular formula is C17H16N4O2. The van der Waals surface area contributed by atoms with Crippen molar-refractivity contribution in [2.24, 2.45) is 0 Å². The fourth-order valence-corrected chi connectivity index (χ4v) is 3.21. The van der Waals surface area contributed by atoms with Crippen LogP contribution in [0.3, 0.4) is 0 Å². The molecule has 1 amide bonds. The van der Waals surface area contributed by atoms with Gasteiger partial charge in [-0.15, -0.1) is 0 Å². The molecule has 4 rings (SSSR count). The Morgan fingerprint density at radius 2 is 2.09 bits per heavy atom. The van der Waals surface area contributed by atoms with E-state index in [0.29, 0.717) is 5.69 Å². The summed E-state index contributed by atoms with van der Waals surface area (Å²) < 4.78 is 0. The lowest BCUT2D eigenvalue weighted by Gasteiger charge is -2.25. The molecule has 1 atom stereocenters. The fourth-order valence-electron chi connectivity index (χ4n) is 3.21. The van der Waals surface area contributed by atoms with Crippen LogP contribution in [0.15, 0.2) is 41.2 Å². The summed E-state index contributed by atoms with van der Waals surface area (Å²) in [4.78, 5) is 26.9. The Morgan fingerprint density at radius 1 is 1.22 bits per heavy atom. The van der Waals surface area contributed by atoms with Gasteiger partial charge in [-0.05, 0) is 37.0 Å². The summed E-state index contributed by atoms with van der Waals surface area (Å²) in [7, 11) is 0. The van der Waals surface area contributed by atoms with Gasteiger partial charge in [0.15, 0.2) is 5.69 Å². The molecule has 0 spiro atoms. The number of hydrogen-bond acceptors (Lipinski definition) is 3. The zero-order valence-corrected chi connectivity index (χ0v) is 12.4. The highest BCUT2D eigenvalue weighted by Crippen LogP contribution is 2.28. The number of carbonyl (C=O) groups excluding carboxylic acids is 1. The SMILES string of the molecule is O=C(NC1CCCc2[nH]c(=O)ccc21)c1n[nH]c2ccccc12. The minimum Gasteiger partial charge on any atom is -0.344 e. The first kappa shape index (κ1) is 13.8. The van der Waals surface area contributed by atoms with Crippen molar-refractivity contribution >= 4 is 16.8 Å². The van der Waals surface area contributed by atoms with Crippen molar-refractivity contribution in [3.8, 4) is 0 Å². The number of benzene rings is 1. The van der Waals surface area contributed by atoms with E-state index < -0.39 is 0 Å². The predicted molar refractivity (Wildman–Crippen MR) is 86.3 cm³/mol. The molecule has 6 heteroatoms. The second-order valence-corrected chi connectivity index (χ2v) is 5.79. The molecule has 0 bridgehead atoms. The van der Waals surface area contributed by atoms with Gasteiger partial charge in [-0.25, -0.2) is 0 Å². The number of para-hydroxylation sites is 1. The Balaban J connectivity index is 1.64. The Kier molecular flexibility index (Phi) is 3.22. The second kappa shape index (κ2) is 5.39. The first-order chi connectivity index (χ1) is 11.2. The summed E-state index contributed by atoms with van der Waals surface area (Å²) in [5.74, 6) is -0.202. The van der Waals surface area contributed by atoms with Crippen LogP contribution < -0.4 is 10.9 Å². The van der Waals surface area contributed by atoms with E-state index in [1.165, 1.54) is 6.07 Å². The van der Waals surface area contributed by atoms with E-state index in [9.17, 15) is 9.59 Å². The molecule has 0 saturated heterocycles. The number of aromatic nitrogens is 3. The van der Waals surface area contributed by atoms with Gasteiger partial charge in [0.1, 0.15) is 0 Å². The lowest BCUT2D eigenvalue weighted by atomic mass is 9.91. The lowest BCUT2D eigenvalue weighted by Crippen LogP contribution is -2.32. The van der Waals surface area contributed by atoms with E-state index in [2.05, 4.69) is 20.5 Å². The maximum atomic E-state index is 12.6. The third kappa shape index (κ3) is 2.42. The predicted octanol–water partition coefficient (Wildman–Crippen LogP) is 2.06. The molecule has 2 heterocycles. The molecule has 1 aliphatic carbocycles. The highest BCUT2D eigenvalue weighted by atomic mass is 16.2. The largest absolute Gasteiger partial charge is 0.344 e. The van der Waals surface area contributed by atoms with E-state index in [-0.39, 0.29) is 17.5 Å². The second-order valence-electron chi connectivity index (χ2n) is 5.79. The molecule has 3 N–H and O–H groups in total. The van der Waals surface area contributed by atoms with Crippen molar-refractivity contribution in [2.75, 3.05) is 0 Å². The number of hydrogen-bond donors (Lipinski definition) is 3. The molecule has 0 radical (unpaired) electrons. The molecular weight excluding hydrogens is 292 g/mol. The third-order valence-corrected chi connectivity index (χ3v) is 4.32. The van der Waals surface area contributed by atoms with Crippen molar-refractivity contribution in [1.29, 1.82) is 0 Å². The highest BCUT2D eigenvalue weighted by Gasteiger charge is 2.24. The minimum absolute atomic E-state index is 0.0986. The minimum atomic E-state index is -0.202. The summed E-state index contributed by atoms with van der Waals surface area (Å²) in [6.45, 7) is 0. The number of nitrogens with zero attached hydrogens (tertiary/aromatic N) is 1. The summed E-state index contributed by atoms with van der Waals surface area (Å²) in [6.07, 6.45) is 2.62. The van der Waals surface area contributed by atoms with Crippen LogP contribution in [0.1, 0.15) is 40.6 Å². The Labute approximate surface area is 131 Å². The van der Waals surface area contributed by atoms with Crippen LogP contribution in [0.5, 0.6) is 0 Å². The molecule has 1 aliphatic rings. The Hall–Kier alpha value is -2.89. The molecule has 1 aromatic carbocycles. The number of pyridine rings is 1. The van der Waals surface area contributed by atoms with Gasteiger partial charge in [0.05, 0.1) is 11.6 Å². The van der Waals surface area contributed by atoms with Crippen molar-refractivity contribution in [3.05, 3.63) is 63.7 Å². The topological polar surface area (TPSA) is 90.6 Å². The van der Waals surface area contributed by atoms with Crippen molar-refractivity contribution in [2.45, 2.75) is 25.3 Å². The Bertz CT molecular complexity index is 941. The van der Waals surface area contributed by atoms with Gasteiger partial charge in [0.2, 0.25) is 5.56 Å². The van der Waals surface area contributed by atoms with Crippen LogP contribution in [0.4, 0.5) is 0 Å². The molecule has 116 valence electrons. The van der Waals surface area contributed by atoms with Gasteiger partial charge in [0.25, 0.3) is 5.91 Å². The van der Waals surface area contributed by atoms with E-state index >= 15 is 0 Å². The maximum absolute atomic E-state index is 12.6. The highest BCUT2D eigenvalue weighted by molar-refractivity contribution is 6.04. The van der Waals surface area contributed by atoms with Crippen LogP contribution in [0, 0.1) is 0 Å². The van der Waals surface area contributed by atoms with Gasteiger partial charge in [-0.1, -0.05) is 18.2 Å². The van der Waals surface area contributed by atoms with E-state index in [1.807, 2.05) is 24.3 Å². The van der Waals surface area contributed by atoms with Gasteiger partial charge in [-0.3, -0.25) is 14.7 Å². The number of amides is 1. The summed E-state index contributed by atoms with van der Waals surface area (Å²) in [5.41, 5.74) is 3.04. The molecule has 6 nitrogen and oxygen atoms in total. The van der Waals surface area contributed by atoms with Crippen LogP contribution >= 0.6 is 0 Å². The van der Waals surface area contributed by atoms with Crippen LogP contribution in [-0.2, 0) is 6.42 Å². The number of rotatable bonds is 2. The smallest absolute Gasteiger partial charge is 0.272 e. The van der Waals surface area contributed by atoms with Crippen LogP contribution in [0.25, 0.3) is 10.9 Å². The standard InChI is InChI=1S/C17H16N4O2/c22-15-9-8-10-12(18-15)6-3-7-13(10)19-17(23)16-11-4-1-2-5-14(11)20-21-16/h1-2,4-5,8-9,13H,3,6-7H2,(H,18,22)(H,19,23)(H,20,21). The number of aryl methyl sites for hydroxylation is 1. The van der Waals surface area contributed by atoms with Crippen LogP contribution in [0.2, 0.25) is 0 Å². The molecule has 23 heavy (non-hydrogen) atoms.